The first kappa shape index (κ1) is 14.9. The van der Waals surface area contributed by atoms with E-state index in [-0.39, 0.29) is 5.91 Å². The number of rotatable bonds is 6. The van der Waals surface area contributed by atoms with Crippen molar-refractivity contribution in [1.29, 1.82) is 0 Å². The van der Waals surface area contributed by atoms with Gasteiger partial charge in [-0.3, -0.25) is 4.79 Å². The Hall–Kier alpha value is -1.55. The summed E-state index contributed by atoms with van der Waals surface area (Å²) in [6, 6.07) is 8.37. The maximum absolute atomic E-state index is 11.7. The van der Waals surface area contributed by atoms with E-state index in [1.54, 1.807) is 7.11 Å². The number of methoxy groups -OCH3 is 1. The Morgan fingerprint density at radius 2 is 1.90 bits per heavy atom. The van der Waals surface area contributed by atoms with Crippen LogP contribution in [0.1, 0.15) is 24.8 Å². The van der Waals surface area contributed by atoms with E-state index in [2.05, 4.69) is 34.5 Å². The Balaban J connectivity index is 1.83. The van der Waals surface area contributed by atoms with E-state index in [1.807, 2.05) is 0 Å². The Morgan fingerprint density at radius 3 is 2.55 bits per heavy atom. The van der Waals surface area contributed by atoms with Crippen molar-refractivity contribution >= 4 is 11.6 Å². The van der Waals surface area contributed by atoms with Gasteiger partial charge >= 0.3 is 0 Å². The van der Waals surface area contributed by atoms with Crippen LogP contribution in [0.3, 0.4) is 0 Å². The molecule has 4 nitrogen and oxygen atoms in total. The molecule has 0 saturated carbocycles. The van der Waals surface area contributed by atoms with Crippen molar-refractivity contribution in [3.63, 3.8) is 0 Å². The van der Waals surface area contributed by atoms with E-state index in [4.69, 9.17) is 4.74 Å². The highest BCUT2D eigenvalue weighted by Crippen LogP contribution is 2.20. The Bertz CT molecular complexity index is 411. The standard InChI is InChI=1S/C16H24N2O2/c1-20-12-9-17-16(19)13-14-5-7-15(8-6-14)18-10-3-2-4-11-18/h5-8H,2-4,9-13H2,1H3,(H,17,19). The second-order valence-corrected chi connectivity index (χ2v) is 5.23. The molecule has 0 spiro atoms. The molecule has 0 aromatic heterocycles. The Kier molecular flexibility index (Phi) is 5.87. The monoisotopic (exact) mass is 276 g/mol. The van der Waals surface area contributed by atoms with Gasteiger partial charge in [-0.1, -0.05) is 12.1 Å². The number of amides is 1. The third-order valence-electron chi connectivity index (χ3n) is 3.65. The summed E-state index contributed by atoms with van der Waals surface area (Å²) in [6.07, 6.45) is 4.34. The molecule has 1 aromatic rings. The predicted molar refractivity (Wildman–Crippen MR) is 81.1 cm³/mol. The van der Waals surface area contributed by atoms with Crippen molar-refractivity contribution in [3.8, 4) is 0 Å². The van der Waals surface area contributed by atoms with Crippen LogP contribution in [0.15, 0.2) is 24.3 Å². The number of carbonyl (C=O) groups excluding carboxylic acids is 1. The summed E-state index contributed by atoms with van der Waals surface area (Å²) in [5.41, 5.74) is 2.33. The average molecular weight is 276 g/mol. The van der Waals surface area contributed by atoms with Gasteiger partial charge in [0.2, 0.25) is 5.91 Å². The summed E-state index contributed by atoms with van der Waals surface area (Å²) in [5, 5.41) is 2.84. The lowest BCUT2D eigenvalue weighted by Crippen LogP contribution is -2.29. The highest BCUT2D eigenvalue weighted by molar-refractivity contribution is 5.78. The molecule has 1 amide bonds. The maximum Gasteiger partial charge on any atom is 0.224 e. The lowest BCUT2D eigenvalue weighted by atomic mass is 10.1. The van der Waals surface area contributed by atoms with Crippen LogP contribution in [-0.2, 0) is 16.0 Å². The zero-order valence-electron chi connectivity index (χ0n) is 12.2. The fourth-order valence-electron chi connectivity index (χ4n) is 2.52. The minimum Gasteiger partial charge on any atom is -0.383 e. The molecule has 0 unspecified atom stereocenters. The van der Waals surface area contributed by atoms with Gasteiger partial charge in [0.1, 0.15) is 0 Å². The maximum atomic E-state index is 11.7. The second-order valence-electron chi connectivity index (χ2n) is 5.23. The molecule has 1 fully saturated rings. The van der Waals surface area contributed by atoms with Crippen molar-refractivity contribution in [1.82, 2.24) is 5.32 Å². The summed E-state index contributed by atoms with van der Waals surface area (Å²) in [6.45, 7) is 3.43. The molecule has 1 aliphatic heterocycles. The molecule has 2 rings (SSSR count). The van der Waals surface area contributed by atoms with Gasteiger partial charge in [0.15, 0.2) is 0 Å². The summed E-state index contributed by atoms with van der Waals surface area (Å²) >= 11 is 0. The molecule has 1 heterocycles. The Labute approximate surface area is 121 Å². The predicted octanol–water partition coefficient (Wildman–Crippen LogP) is 1.98. The van der Waals surface area contributed by atoms with Gasteiger partial charge in [0, 0.05) is 32.4 Å². The summed E-state index contributed by atoms with van der Waals surface area (Å²) < 4.78 is 4.91. The van der Waals surface area contributed by atoms with Gasteiger partial charge in [-0.05, 0) is 37.0 Å². The SMILES string of the molecule is COCCNC(=O)Cc1ccc(N2CCCCC2)cc1. The van der Waals surface area contributed by atoms with Gasteiger partial charge in [0.25, 0.3) is 0 Å². The molecular formula is C16H24N2O2. The van der Waals surface area contributed by atoms with Crippen LogP contribution in [-0.4, -0.2) is 39.3 Å². The third kappa shape index (κ3) is 4.53. The number of nitrogens with zero attached hydrogens (tertiary/aromatic N) is 1. The number of carbonyl (C=O) groups is 1. The van der Waals surface area contributed by atoms with E-state index in [1.165, 1.54) is 24.9 Å². The molecule has 0 radical (unpaired) electrons. The number of hydrogen-bond donors (Lipinski definition) is 1. The van der Waals surface area contributed by atoms with Gasteiger partial charge in [0.05, 0.1) is 13.0 Å². The fraction of sp³-hybridized carbons (Fsp3) is 0.562. The minimum absolute atomic E-state index is 0.0489. The number of ether oxygens (including phenoxy) is 1. The minimum atomic E-state index is 0.0489. The van der Waals surface area contributed by atoms with Crippen LogP contribution in [0.5, 0.6) is 0 Å². The first-order valence-electron chi connectivity index (χ1n) is 7.39. The van der Waals surface area contributed by atoms with Crippen LogP contribution in [0, 0.1) is 0 Å². The lowest BCUT2D eigenvalue weighted by Gasteiger charge is -2.28. The number of nitrogens with one attached hydrogen (secondary N) is 1. The van der Waals surface area contributed by atoms with Gasteiger partial charge in [-0.2, -0.15) is 0 Å². The molecule has 1 aliphatic rings. The van der Waals surface area contributed by atoms with Gasteiger partial charge < -0.3 is 15.0 Å². The van der Waals surface area contributed by atoms with Gasteiger partial charge in [-0.15, -0.1) is 0 Å². The van der Waals surface area contributed by atoms with E-state index in [0.29, 0.717) is 19.6 Å². The van der Waals surface area contributed by atoms with Crippen molar-refractivity contribution in [2.24, 2.45) is 0 Å². The van der Waals surface area contributed by atoms with Crippen molar-refractivity contribution in [3.05, 3.63) is 29.8 Å². The van der Waals surface area contributed by atoms with E-state index < -0.39 is 0 Å². The number of hydrogen-bond acceptors (Lipinski definition) is 3. The Morgan fingerprint density at radius 1 is 1.20 bits per heavy atom. The van der Waals surface area contributed by atoms with Crippen LogP contribution in [0.2, 0.25) is 0 Å². The molecule has 4 heteroatoms. The van der Waals surface area contributed by atoms with Crippen LogP contribution in [0.25, 0.3) is 0 Å². The first-order chi connectivity index (χ1) is 9.79. The quantitative estimate of drug-likeness (QED) is 0.808. The average Bonchev–Trinajstić information content (AvgIpc) is 2.49. The number of benzene rings is 1. The number of piperidine rings is 1. The molecule has 0 atom stereocenters. The second kappa shape index (κ2) is 7.90. The van der Waals surface area contributed by atoms with E-state index in [9.17, 15) is 4.79 Å². The zero-order valence-corrected chi connectivity index (χ0v) is 12.2. The van der Waals surface area contributed by atoms with Gasteiger partial charge in [-0.25, -0.2) is 0 Å². The molecular weight excluding hydrogens is 252 g/mol. The van der Waals surface area contributed by atoms with E-state index >= 15 is 0 Å². The van der Waals surface area contributed by atoms with Crippen LogP contribution >= 0.6 is 0 Å². The first-order valence-corrected chi connectivity index (χ1v) is 7.39. The largest absolute Gasteiger partial charge is 0.383 e. The van der Waals surface area contributed by atoms with Crippen molar-refractivity contribution < 1.29 is 9.53 Å². The smallest absolute Gasteiger partial charge is 0.224 e. The van der Waals surface area contributed by atoms with Crippen molar-refractivity contribution in [2.45, 2.75) is 25.7 Å². The molecule has 20 heavy (non-hydrogen) atoms. The molecule has 1 aromatic carbocycles. The summed E-state index contributed by atoms with van der Waals surface area (Å²) in [4.78, 5) is 14.1. The fourth-order valence-corrected chi connectivity index (χ4v) is 2.52. The molecule has 0 bridgehead atoms. The number of anilines is 1. The zero-order chi connectivity index (χ0) is 14.2. The third-order valence-corrected chi connectivity index (χ3v) is 3.65. The summed E-state index contributed by atoms with van der Waals surface area (Å²) in [5.74, 6) is 0.0489. The lowest BCUT2D eigenvalue weighted by molar-refractivity contribution is -0.120. The van der Waals surface area contributed by atoms with Crippen LogP contribution < -0.4 is 10.2 Å². The van der Waals surface area contributed by atoms with Crippen molar-refractivity contribution in [2.75, 3.05) is 38.3 Å². The highest BCUT2D eigenvalue weighted by atomic mass is 16.5. The van der Waals surface area contributed by atoms with E-state index in [0.717, 1.165) is 18.7 Å². The molecule has 110 valence electrons. The topological polar surface area (TPSA) is 41.6 Å². The molecule has 1 N–H and O–H groups in total. The van der Waals surface area contributed by atoms with Crippen LogP contribution in [0.4, 0.5) is 5.69 Å². The summed E-state index contributed by atoms with van der Waals surface area (Å²) in [7, 11) is 1.63. The highest BCUT2D eigenvalue weighted by Gasteiger charge is 2.11. The molecule has 1 saturated heterocycles. The normalized spacial score (nSPS) is 15.2. The molecule has 0 aliphatic carbocycles.